The van der Waals surface area contributed by atoms with Gasteiger partial charge in [-0.3, -0.25) is 10.1 Å². The van der Waals surface area contributed by atoms with E-state index in [1.54, 1.807) is 0 Å². The van der Waals surface area contributed by atoms with Gasteiger partial charge in [-0.05, 0) is 49.8 Å². The molecule has 1 aliphatic carbocycles. The van der Waals surface area contributed by atoms with Crippen molar-refractivity contribution in [1.82, 2.24) is 5.32 Å². The third-order valence-electron chi connectivity index (χ3n) is 4.48. The maximum Gasteiger partial charge on any atom is 0.241 e. The van der Waals surface area contributed by atoms with Gasteiger partial charge in [0.1, 0.15) is 0 Å². The van der Waals surface area contributed by atoms with Crippen LogP contribution in [0, 0.1) is 12.8 Å². The van der Waals surface area contributed by atoms with Gasteiger partial charge in [0.15, 0.2) is 0 Å². The van der Waals surface area contributed by atoms with E-state index in [0.29, 0.717) is 5.92 Å². The molecule has 3 nitrogen and oxygen atoms in total. The van der Waals surface area contributed by atoms with Crippen LogP contribution in [-0.2, 0) is 4.79 Å². The van der Waals surface area contributed by atoms with Crippen molar-refractivity contribution in [1.29, 1.82) is 0 Å². The largest absolute Gasteiger partial charge is 0.324 e. The maximum atomic E-state index is 12.5. The minimum Gasteiger partial charge on any atom is -0.324 e. The van der Waals surface area contributed by atoms with E-state index < -0.39 is 0 Å². The van der Waals surface area contributed by atoms with Gasteiger partial charge >= 0.3 is 0 Å². The molecule has 2 N–H and O–H groups in total. The SMILES string of the molecule is Cc1ccccc1NC(=O)[C@@H](C)N[C@@H](c1ccccc1)C1CC1. The summed E-state index contributed by atoms with van der Waals surface area (Å²) >= 11 is 0. The highest BCUT2D eigenvalue weighted by Crippen LogP contribution is 2.41. The molecule has 2 aromatic carbocycles. The Morgan fingerprint density at radius 1 is 1.04 bits per heavy atom. The lowest BCUT2D eigenvalue weighted by Gasteiger charge is -2.23. The van der Waals surface area contributed by atoms with Crippen molar-refractivity contribution in [3.63, 3.8) is 0 Å². The van der Waals surface area contributed by atoms with Crippen molar-refractivity contribution in [2.75, 3.05) is 5.32 Å². The number of hydrogen-bond acceptors (Lipinski definition) is 2. The summed E-state index contributed by atoms with van der Waals surface area (Å²) in [5.74, 6) is 0.659. The molecule has 23 heavy (non-hydrogen) atoms. The van der Waals surface area contributed by atoms with Crippen LogP contribution in [0.3, 0.4) is 0 Å². The topological polar surface area (TPSA) is 41.1 Å². The Hall–Kier alpha value is -2.13. The highest BCUT2D eigenvalue weighted by atomic mass is 16.2. The summed E-state index contributed by atoms with van der Waals surface area (Å²) in [6.45, 7) is 3.94. The lowest BCUT2D eigenvalue weighted by atomic mass is 10.0. The summed E-state index contributed by atoms with van der Waals surface area (Å²) in [5, 5.41) is 6.55. The van der Waals surface area contributed by atoms with Crippen LogP contribution in [0.5, 0.6) is 0 Å². The summed E-state index contributed by atoms with van der Waals surface area (Å²) < 4.78 is 0. The molecule has 3 heteroatoms. The van der Waals surface area contributed by atoms with Crippen molar-refractivity contribution < 1.29 is 4.79 Å². The summed E-state index contributed by atoms with van der Waals surface area (Å²) in [5.41, 5.74) is 3.23. The molecule has 3 rings (SSSR count). The smallest absolute Gasteiger partial charge is 0.241 e. The lowest BCUT2D eigenvalue weighted by molar-refractivity contribution is -0.118. The molecule has 120 valence electrons. The second-order valence-electron chi connectivity index (χ2n) is 6.42. The second kappa shape index (κ2) is 6.97. The van der Waals surface area contributed by atoms with E-state index in [2.05, 4.69) is 34.9 Å². The predicted octanol–water partition coefficient (Wildman–Crippen LogP) is 4.06. The minimum atomic E-state index is -0.236. The summed E-state index contributed by atoms with van der Waals surface area (Å²) in [6, 6.07) is 18.3. The number of hydrogen-bond donors (Lipinski definition) is 2. The molecular formula is C20H24N2O. The average Bonchev–Trinajstić information content (AvgIpc) is 3.40. The van der Waals surface area contributed by atoms with Crippen molar-refractivity contribution in [3.05, 3.63) is 65.7 Å². The monoisotopic (exact) mass is 308 g/mol. The summed E-state index contributed by atoms with van der Waals surface area (Å²) in [4.78, 5) is 12.5. The molecule has 0 unspecified atom stereocenters. The Kier molecular flexibility index (Phi) is 4.77. The van der Waals surface area contributed by atoms with Crippen LogP contribution in [-0.4, -0.2) is 11.9 Å². The van der Waals surface area contributed by atoms with E-state index in [9.17, 15) is 4.79 Å². The fourth-order valence-corrected chi connectivity index (χ4v) is 2.89. The molecule has 2 aromatic rings. The van der Waals surface area contributed by atoms with E-state index in [4.69, 9.17) is 0 Å². The fourth-order valence-electron chi connectivity index (χ4n) is 2.89. The predicted molar refractivity (Wildman–Crippen MR) is 94.3 cm³/mol. The zero-order valence-electron chi connectivity index (χ0n) is 13.8. The Labute approximate surface area is 138 Å². The van der Waals surface area contributed by atoms with Crippen molar-refractivity contribution in [2.24, 2.45) is 5.92 Å². The van der Waals surface area contributed by atoms with E-state index >= 15 is 0 Å². The van der Waals surface area contributed by atoms with Gasteiger partial charge in [0.05, 0.1) is 6.04 Å². The van der Waals surface area contributed by atoms with Crippen LogP contribution in [0.4, 0.5) is 5.69 Å². The molecule has 1 amide bonds. The second-order valence-corrected chi connectivity index (χ2v) is 6.42. The van der Waals surface area contributed by atoms with Gasteiger partial charge in [0, 0.05) is 11.7 Å². The number of benzene rings is 2. The molecule has 0 aromatic heterocycles. The number of para-hydroxylation sites is 1. The van der Waals surface area contributed by atoms with E-state index in [-0.39, 0.29) is 18.0 Å². The van der Waals surface area contributed by atoms with Gasteiger partial charge < -0.3 is 5.32 Å². The van der Waals surface area contributed by atoms with Gasteiger partial charge in [-0.25, -0.2) is 0 Å². The number of rotatable bonds is 6. The normalized spacial score (nSPS) is 16.6. The molecule has 1 aliphatic rings. The fraction of sp³-hybridized carbons (Fsp3) is 0.350. The Morgan fingerprint density at radius 3 is 2.35 bits per heavy atom. The van der Waals surface area contributed by atoms with Gasteiger partial charge in [-0.2, -0.15) is 0 Å². The minimum absolute atomic E-state index is 0.0147. The first-order chi connectivity index (χ1) is 11.1. The first-order valence-corrected chi connectivity index (χ1v) is 8.32. The number of aryl methyl sites for hydroxylation is 1. The average molecular weight is 308 g/mol. The molecule has 0 saturated heterocycles. The third kappa shape index (κ3) is 3.99. The maximum absolute atomic E-state index is 12.5. The molecule has 0 bridgehead atoms. The van der Waals surface area contributed by atoms with Gasteiger partial charge in [-0.15, -0.1) is 0 Å². The zero-order valence-corrected chi connectivity index (χ0v) is 13.8. The Morgan fingerprint density at radius 2 is 1.70 bits per heavy atom. The highest BCUT2D eigenvalue weighted by molar-refractivity contribution is 5.95. The summed E-state index contributed by atoms with van der Waals surface area (Å²) in [7, 11) is 0. The molecule has 0 aliphatic heterocycles. The van der Waals surface area contributed by atoms with E-state index in [1.165, 1.54) is 18.4 Å². The molecule has 0 spiro atoms. The Bertz CT molecular complexity index is 664. The van der Waals surface area contributed by atoms with Gasteiger partial charge in [-0.1, -0.05) is 48.5 Å². The molecule has 0 heterocycles. The molecule has 1 saturated carbocycles. The quantitative estimate of drug-likeness (QED) is 0.845. The Balaban J connectivity index is 1.66. The molecular weight excluding hydrogens is 284 g/mol. The summed E-state index contributed by atoms with van der Waals surface area (Å²) in [6.07, 6.45) is 2.47. The van der Waals surface area contributed by atoms with E-state index in [0.717, 1.165) is 11.3 Å². The molecule has 0 radical (unpaired) electrons. The van der Waals surface area contributed by atoms with Crippen LogP contribution >= 0.6 is 0 Å². The highest BCUT2D eigenvalue weighted by Gasteiger charge is 2.33. The number of carbonyl (C=O) groups is 1. The first-order valence-electron chi connectivity index (χ1n) is 8.32. The van der Waals surface area contributed by atoms with Crippen LogP contribution in [0.25, 0.3) is 0 Å². The number of nitrogens with one attached hydrogen (secondary N) is 2. The van der Waals surface area contributed by atoms with Crippen molar-refractivity contribution >= 4 is 11.6 Å². The van der Waals surface area contributed by atoms with Crippen LogP contribution in [0.2, 0.25) is 0 Å². The lowest BCUT2D eigenvalue weighted by Crippen LogP contribution is -2.41. The third-order valence-corrected chi connectivity index (χ3v) is 4.48. The van der Waals surface area contributed by atoms with E-state index in [1.807, 2.05) is 44.2 Å². The number of carbonyl (C=O) groups excluding carboxylic acids is 1. The zero-order chi connectivity index (χ0) is 16.2. The van der Waals surface area contributed by atoms with Crippen molar-refractivity contribution in [3.8, 4) is 0 Å². The van der Waals surface area contributed by atoms with Gasteiger partial charge in [0.2, 0.25) is 5.91 Å². The molecule has 1 fully saturated rings. The van der Waals surface area contributed by atoms with Gasteiger partial charge in [0.25, 0.3) is 0 Å². The standard InChI is InChI=1S/C20H24N2O/c1-14-8-6-7-11-18(14)22-20(23)15(2)21-19(17-12-13-17)16-9-4-3-5-10-16/h3-11,15,17,19,21H,12-13H2,1-2H3,(H,22,23)/t15-,19+/m1/s1. The number of amides is 1. The van der Waals surface area contributed by atoms with Crippen LogP contribution in [0.1, 0.15) is 36.9 Å². The van der Waals surface area contributed by atoms with Crippen LogP contribution in [0.15, 0.2) is 54.6 Å². The van der Waals surface area contributed by atoms with Crippen LogP contribution < -0.4 is 10.6 Å². The number of anilines is 1. The van der Waals surface area contributed by atoms with Crippen molar-refractivity contribution in [2.45, 2.75) is 38.8 Å². The first kappa shape index (κ1) is 15.8. The molecule has 2 atom stereocenters.